The first kappa shape index (κ1) is 14.7. The van der Waals surface area contributed by atoms with Crippen LogP contribution in [0.1, 0.15) is 18.2 Å². The maximum absolute atomic E-state index is 12.1. The van der Waals surface area contributed by atoms with E-state index in [1.807, 2.05) is 23.6 Å². The van der Waals surface area contributed by atoms with Crippen molar-refractivity contribution in [1.82, 2.24) is 0 Å². The summed E-state index contributed by atoms with van der Waals surface area (Å²) in [5.74, 6) is -1.48. The van der Waals surface area contributed by atoms with Gasteiger partial charge in [0.05, 0.1) is 20.3 Å². The first-order valence-corrected chi connectivity index (χ1v) is 7.00. The number of carbonyl (C=O) groups excluding carboxylic acids is 2. The fraction of sp³-hybridized carbons (Fsp3) is 0.429. The minimum atomic E-state index is -1.73. The van der Waals surface area contributed by atoms with E-state index in [-0.39, 0.29) is 12.5 Å². The number of rotatable bonds is 3. The Morgan fingerprint density at radius 1 is 1.35 bits per heavy atom. The van der Waals surface area contributed by atoms with Gasteiger partial charge in [-0.3, -0.25) is 0 Å². The molecule has 108 valence electrons. The topological polar surface area (TPSA) is 61.8 Å². The van der Waals surface area contributed by atoms with E-state index in [4.69, 9.17) is 14.2 Å². The number of carbonyl (C=O) groups is 2. The fourth-order valence-corrected chi connectivity index (χ4v) is 3.04. The second kappa shape index (κ2) is 5.76. The van der Waals surface area contributed by atoms with Crippen LogP contribution in [0.3, 0.4) is 0 Å². The molecular weight excluding hydrogens is 280 g/mol. The zero-order chi connectivity index (χ0) is 14.8. The van der Waals surface area contributed by atoms with E-state index >= 15 is 0 Å². The van der Waals surface area contributed by atoms with Crippen LogP contribution in [0, 0.1) is 0 Å². The number of ether oxygens (including phenoxy) is 3. The lowest BCUT2D eigenvalue weighted by molar-refractivity contribution is -0.192. The monoisotopic (exact) mass is 296 g/mol. The molecule has 0 aromatic carbocycles. The van der Waals surface area contributed by atoms with Crippen molar-refractivity contribution >= 4 is 28.8 Å². The highest BCUT2D eigenvalue weighted by molar-refractivity contribution is 7.11. The van der Waals surface area contributed by atoms with Crippen LogP contribution in [0.15, 0.2) is 23.6 Å². The van der Waals surface area contributed by atoms with Crippen molar-refractivity contribution in [2.24, 2.45) is 0 Å². The lowest BCUT2D eigenvalue weighted by Gasteiger charge is -2.34. The molecule has 0 saturated carbocycles. The molecule has 0 bridgehead atoms. The number of hydrogen-bond acceptors (Lipinski definition) is 6. The highest BCUT2D eigenvalue weighted by Gasteiger charge is 2.53. The minimum Gasteiger partial charge on any atom is -0.466 e. The van der Waals surface area contributed by atoms with Crippen molar-refractivity contribution in [2.45, 2.75) is 25.0 Å². The summed E-state index contributed by atoms with van der Waals surface area (Å²) in [5.41, 5.74) is -0.841. The standard InChI is InChI=1S/C14H16O5S/c1-9-7-10(11-5-4-6-20-11)8-14(19-9,12(15)17-2)13(16)18-3/h4-7,9H,8H2,1-3H3. The van der Waals surface area contributed by atoms with Crippen molar-refractivity contribution in [2.75, 3.05) is 14.2 Å². The molecule has 1 atom stereocenters. The van der Waals surface area contributed by atoms with Gasteiger partial charge in [-0.25, -0.2) is 9.59 Å². The van der Waals surface area contributed by atoms with Crippen molar-refractivity contribution in [3.8, 4) is 0 Å². The zero-order valence-electron chi connectivity index (χ0n) is 11.5. The second-order valence-corrected chi connectivity index (χ2v) is 5.43. The molecule has 0 amide bonds. The molecule has 2 heterocycles. The van der Waals surface area contributed by atoms with Crippen LogP contribution >= 0.6 is 11.3 Å². The lowest BCUT2D eigenvalue weighted by atomic mass is 9.89. The number of hydrogen-bond donors (Lipinski definition) is 0. The summed E-state index contributed by atoms with van der Waals surface area (Å²) in [6, 6.07) is 3.85. The van der Waals surface area contributed by atoms with Crippen molar-refractivity contribution < 1.29 is 23.8 Å². The maximum atomic E-state index is 12.1. The van der Waals surface area contributed by atoms with Gasteiger partial charge in [0.15, 0.2) is 0 Å². The van der Waals surface area contributed by atoms with Crippen LogP contribution in [-0.4, -0.2) is 37.9 Å². The summed E-state index contributed by atoms with van der Waals surface area (Å²) in [4.78, 5) is 25.2. The normalized spacial score (nSPS) is 20.9. The lowest BCUT2D eigenvalue weighted by Crippen LogP contribution is -2.53. The van der Waals surface area contributed by atoms with Gasteiger partial charge in [-0.15, -0.1) is 11.3 Å². The molecule has 0 fully saturated rings. The Morgan fingerprint density at radius 3 is 2.50 bits per heavy atom. The number of thiophene rings is 1. The third-order valence-corrected chi connectivity index (χ3v) is 4.08. The fourth-order valence-electron chi connectivity index (χ4n) is 2.29. The van der Waals surface area contributed by atoms with Crippen LogP contribution in [0.4, 0.5) is 0 Å². The molecule has 6 heteroatoms. The van der Waals surface area contributed by atoms with E-state index in [2.05, 4.69) is 0 Å². The van der Waals surface area contributed by atoms with Gasteiger partial charge in [-0.2, -0.15) is 0 Å². The molecule has 1 aromatic rings. The van der Waals surface area contributed by atoms with Crippen LogP contribution in [-0.2, 0) is 23.8 Å². The summed E-state index contributed by atoms with van der Waals surface area (Å²) < 4.78 is 15.1. The van der Waals surface area contributed by atoms with Gasteiger partial charge in [0, 0.05) is 11.3 Å². The van der Waals surface area contributed by atoms with E-state index in [0.717, 1.165) is 10.5 Å². The minimum absolute atomic E-state index is 0.108. The number of esters is 2. The molecule has 1 aliphatic rings. The van der Waals surface area contributed by atoms with Crippen LogP contribution in [0.2, 0.25) is 0 Å². The Hall–Kier alpha value is -1.66. The third-order valence-electron chi connectivity index (χ3n) is 3.13. The predicted octanol–water partition coefficient (Wildman–Crippen LogP) is 2.03. The molecule has 0 N–H and O–H groups in total. The van der Waals surface area contributed by atoms with E-state index in [1.165, 1.54) is 14.2 Å². The largest absolute Gasteiger partial charge is 0.466 e. The molecule has 0 spiro atoms. The molecule has 2 rings (SSSR count). The molecule has 0 saturated heterocycles. The Balaban J connectivity index is 2.43. The van der Waals surface area contributed by atoms with Gasteiger partial charge in [-0.05, 0) is 23.9 Å². The quantitative estimate of drug-likeness (QED) is 0.631. The van der Waals surface area contributed by atoms with E-state index in [1.54, 1.807) is 18.3 Å². The number of methoxy groups -OCH3 is 2. The van der Waals surface area contributed by atoms with Gasteiger partial charge in [0.1, 0.15) is 0 Å². The molecule has 0 aliphatic carbocycles. The van der Waals surface area contributed by atoms with E-state index in [9.17, 15) is 9.59 Å². The average Bonchev–Trinajstić information content (AvgIpc) is 2.98. The van der Waals surface area contributed by atoms with Crippen LogP contribution in [0.5, 0.6) is 0 Å². The molecule has 1 aliphatic heterocycles. The summed E-state index contributed by atoms with van der Waals surface area (Å²) in [7, 11) is 2.45. The van der Waals surface area contributed by atoms with E-state index in [0.29, 0.717) is 0 Å². The van der Waals surface area contributed by atoms with Gasteiger partial charge in [0.2, 0.25) is 0 Å². The molecular formula is C14H16O5S. The highest BCUT2D eigenvalue weighted by Crippen LogP contribution is 2.37. The first-order valence-electron chi connectivity index (χ1n) is 6.12. The summed E-state index contributed by atoms with van der Waals surface area (Å²) in [5, 5.41) is 1.94. The third kappa shape index (κ3) is 2.48. The van der Waals surface area contributed by atoms with E-state index < -0.39 is 17.5 Å². The van der Waals surface area contributed by atoms with Crippen molar-refractivity contribution in [3.05, 3.63) is 28.5 Å². The van der Waals surface area contributed by atoms with Crippen LogP contribution in [0.25, 0.3) is 5.57 Å². The van der Waals surface area contributed by atoms with Gasteiger partial charge < -0.3 is 14.2 Å². The summed E-state index contributed by atoms with van der Waals surface area (Å²) in [6.45, 7) is 1.77. The molecule has 20 heavy (non-hydrogen) atoms. The average molecular weight is 296 g/mol. The Kier molecular flexibility index (Phi) is 4.25. The van der Waals surface area contributed by atoms with Gasteiger partial charge in [-0.1, -0.05) is 12.1 Å². The van der Waals surface area contributed by atoms with Gasteiger partial charge >= 0.3 is 11.9 Å². The zero-order valence-corrected chi connectivity index (χ0v) is 12.4. The Labute approximate surface area is 121 Å². The molecule has 0 radical (unpaired) electrons. The highest BCUT2D eigenvalue weighted by atomic mass is 32.1. The van der Waals surface area contributed by atoms with Crippen LogP contribution < -0.4 is 0 Å². The first-order chi connectivity index (χ1) is 9.53. The van der Waals surface area contributed by atoms with Gasteiger partial charge in [0.25, 0.3) is 5.60 Å². The Bertz CT molecular complexity index is 516. The Morgan fingerprint density at radius 2 is 2.00 bits per heavy atom. The summed E-state index contributed by atoms with van der Waals surface area (Å²) >= 11 is 1.54. The summed E-state index contributed by atoms with van der Waals surface area (Å²) in [6.07, 6.45) is 1.62. The smallest absolute Gasteiger partial charge is 0.350 e. The molecule has 5 nitrogen and oxygen atoms in total. The molecule has 1 unspecified atom stereocenters. The maximum Gasteiger partial charge on any atom is 0.350 e. The molecule has 1 aromatic heterocycles. The SMILES string of the molecule is COC(=O)C1(C(=O)OC)CC(c2cccs2)=CC(C)O1. The van der Waals surface area contributed by atoms with Crippen molar-refractivity contribution in [1.29, 1.82) is 0 Å². The predicted molar refractivity (Wildman–Crippen MR) is 74.2 cm³/mol. The second-order valence-electron chi connectivity index (χ2n) is 4.48. The van der Waals surface area contributed by atoms with Crippen molar-refractivity contribution in [3.63, 3.8) is 0 Å².